The lowest BCUT2D eigenvalue weighted by Crippen LogP contribution is -2.57. The standard InChI is InChI=1S/C24H32O3/c1-5-11-23-13-7-8-21(23)22-24(12-6-2,27-15-14-26-22)17(3)19-16-18(25-4)9-10-20(19)23/h5-6,9-10,16-17,21-22H,1-2,7-8,11-15H2,3-4H3/t17-,21?,22?,23+,24-/m0/s1. The highest BCUT2D eigenvalue weighted by atomic mass is 16.6. The molecule has 0 N–H and O–H groups in total. The number of ether oxygens (including phenoxy) is 3. The van der Waals surface area contributed by atoms with E-state index in [0.29, 0.717) is 19.1 Å². The fourth-order valence-electron chi connectivity index (χ4n) is 6.27. The zero-order valence-corrected chi connectivity index (χ0v) is 16.7. The molecule has 3 nitrogen and oxygen atoms in total. The maximum Gasteiger partial charge on any atom is 0.119 e. The second-order valence-corrected chi connectivity index (χ2v) is 8.41. The number of hydrogen-bond donors (Lipinski definition) is 0. The fraction of sp³-hybridized carbons (Fsp3) is 0.583. The van der Waals surface area contributed by atoms with Gasteiger partial charge in [-0.2, -0.15) is 0 Å². The zero-order chi connectivity index (χ0) is 19.1. The molecular weight excluding hydrogens is 336 g/mol. The van der Waals surface area contributed by atoms with Gasteiger partial charge in [-0.15, -0.1) is 13.2 Å². The third-order valence-electron chi connectivity index (χ3n) is 7.41. The summed E-state index contributed by atoms with van der Waals surface area (Å²) in [6.45, 7) is 11.8. The van der Waals surface area contributed by atoms with E-state index in [9.17, 15) is 0 Å². The van der Waals surface area contributed by atoms with Crippen LogP contribution in [0.3, 0.4) is 0 Å². The second-order valence-electron chi connectivity index (χ2n) is 8.41. The Hall–Kier alpha value is -1.58. The van der Waals surface area contributed by atoms with Crippen LogP contribution in [0.5, 0.6) is 5.75 Å². The molecule has 3 aliphatic rings. The molecule has 3 heteroatoms. The quantitative estimate of drug-likeness (QED) is 0.672. The Balaban J connectivity index is 1.99. The first-order chi connectivity index (χ1) is 13.1. The smallest absolute Gasteiger partial charge is 0.119 e. The van der Waals surface area contributed by atoms with Gasteiger partial charge in [0.25, 0.3) is 0 Å². The number of rotatable bonds is 5. The molecule has 1 saturated carbocycles. The van der Waals surface area contributed by atoms with Crippen molar-refractivity contribution in [2.24, 2.45) is 5.92 Å². The molecule has 27 heavy (non-hydrogen) atoms. The maximum absolute atomic E-state index is 6.60. The van der Waals surface area contributed by atoms with Crippen LogP contribution in [0.1, 0.15) is 56.1 Å². The van der Waals surface area contributed by atoms with Crippen molar-refractivity contribution in [3.63, 3.8) is 0 Å². The van der Waals surface area contributed by atoms with Gasteiger partial charge in [0.1, 0.15) is 11.4 Å². The molecule has 146 valence electrons. The number of benzene rings is 1. The van der Waals surface area contributed by atoms with Crippen molar-refractivity contribution >= 4 is 0 Å². The van der Waals surface area contributed by atoms with E-state index >= 15 is 0 Å². The molecule has 0 spiro atoms. The van der Waals surface area contributed by atoms with Crippen molar-refractivity contribution in [1.29, 1.82) is 0 Å². The first-order valence-electron chi connectivity index (χ1n) is 10.3. The van der Waals surface area contributed by atoms with Gasteiger partial charge in [-0.3, -0.25) is 0 Å². The van der Waals surface area contributed by atoms with Crippen LogP contribution >= 0.6 is 0 Å². The number of hydrogen-bond acceptors (Lipinski definition) is 3. The summed E-state index contributed by atoms with van der Waals surface area (Å²) >= 11 is 0. The van der Waals surface area contributed by atoms with Crippen LogP contribution in [0.25, 0.3) is 0 Å². The Morgan fingerprint density at radius 3 is 2.78 bits per heavy atom. The highest BCUT2D eigenvalue weighted by Crippen LogP contribution is 2.60. The van der Waals surface area contributed by atoms with E-state index in [4.69, 9.17) is 14.2 Å². The van der Waals surface area contributed by atoms with Gasteiger partial charge >= 0.3 is 0 Å². The van der Waals surface area contributed by atoms with Crippen LogP contribution in [-0.2, 0) is 14.9 Å². The summed E-state index contributed by atoms with van der Waals surface area (Å²) in [5, 5.41) is 0. The van der Waals surface area contributed by atoms with Crippen LogP contribution in [0.2, 0.25) is 0 Å². The Morgan fingerprint density at radius 1 is 1.22 bits per heavy atom. The fourth-order valence-corrected chi connectivity index (χ4v) is 6.27. The van der Waals surface area contributed by atoms with Crippen LogP contribution in [0.4, 0.5) is 0 Å². The minimum atomic E-state index is -0.362. The average Bonchev–Trinajstić information content (AvgIpc) is 3.09. The van der Waals surface area contributed by atoms with E-state index in [0.717, 1.165) is 18.6 Å². The summed E-state index contributed by atoms with van der Waals surface area (Å²) in [6.07, 6.45) is 9.56. The van der Waals surface area contributed by atoms with Gasteiger partial charge in [0, 0.05) is 11.3 Å². The lowest BCUT2D eigenvalue weighted by Gasteiger charge is -2.50. The normalized spacial score (nSPS) is 37.5. The third kappa shape index (κ3) is 2.62. The van der Waals surface area contributed by atoms with Gasteiger partial charge in [0.15, 0.2) is 0 Å². The minimum Gasteiger partial charge on any atom is -0.497 e. The maximum atomic E-state index is 6.60. The van der Waals surface area contributed by atoms with Crippen molar-refractivity contribution in [3.05, 3.63) is 54.6 Å². The van der Waals surface area contributed by atoms with Gasteiger partial charge < -0.3 is 14.2 Å². The highest BCUT2D eigenvalue weighted by Gasteiger charge is 2.60. The summed E-state index contributed by atoms with van der Waals surface area (Å²) in [7, 11) is 1.74. The number of fused-ring (bicyclic) bond motifs is 5. The predicted octanol–water partition coefficient (Wildman–Crippen LogP) is 5.16. The van der Waals surface area contributed by atoms with Gasteiger partial charge in [0.2, 0.25) is 0 Å². The SMILES string of the molecule is C=CC[C@]12CCCC1C1OCCO[C@@]1(CC=C)[C@@H](C)c1cc(OC)ccc12. The van der Waals surface area contributed by atoms with E-state index in [1.54, 1.807) is 7.11 Å². The van der Waals surface area contributed by atoms with Crippen molar-refractivity contribution in [3.8, 4) is 5.75 Å². The summed E-state index contributed by atoms with van der Waals surface area (Å²) in [4.78, 5) is 0. The largest absolute Gasteiger partial charge is 0.497 e. The molecule has 1 heterocycles. The first-order valence-corrected chi connectivity index (χ1v) is 10.3. The van der Waals surface area contributed by atoms with Crippen LogP contribution < -0.4 is 4.74 Å². The summed E-state index contributed by atoms with van der Waals surface area (Å²) in [5.74, 6) is 1.55. The van der Waals surface area contributed by atoms with Crippen molar-refractivity contribution in [2.45, 2.75) is 62.1 Å². The number of methoxy groups -OCH3 is 1. The highest BCUT2D eigenvalue weighted by molar-refractivity contribution is 5.47. The van der Waals surface area contributed by atoms with E-state index in [-0.39, 0.29) is 23.0 Å². The van der Waals surface area contributed by atoms with Crippen LogP contribution in [0, 0.1) is 5.92 Å². The predicted molar refractivity (Wildman–Crippen MR) is 108 cm³/mol. The molecule has 0 radical (unpaired) electrons. The van der Waals surface area contributed by atoms with E-state index in [1.165, 1.54) is 30.4 Å². The Bertz CT molecular complexity index is 726. The summed E-state index contributed by atoms with van der Waals surface area (Å²) in [5.41, 5.74) is 2.51. The van der Waals surface area contributed by atoms with Crippen molar-refractivity contribution in [2.75, 3.05) is 20.3 Å². The Kier molecular flexibility index (Phi) is 4.94. The van der Waals surface area contributed by atoms with Crippen LogP contribution in [-0.4, -0.2) is 32.0 Å². The molecule has 1 saturated heterocycles. The van der Waals surface area contributed by atoms with Crippen LogP contribution in [0.15, 0.2) is 43.5 Å². The molecule has 5 atom stereocenters. The molecular formula is C24H32O3. The molecule has 2 fully saturated rings. The first kappa shape index (κ1) is 18.8. The zero-order valence-electron chi connectivity index (χ0n) is 16.7. The average molecular weight is 369 g/mol. The Morgan fingerprint density at radius 2 is 2.04 bits per heavy atom. The molecule has 2 aliphatic carbocycles. The lowest BCUT2D eigenvalue weighted by atomic mass is 9.66. The topological polar surface area (TPSA) is 27.7 Å². The molecule has 0 bridgehead atoms. The van der Waals surface area contributed by atoms with Gasteiger partial charge in [0.05, 0.1) is 26.4 Å². The third-order valence-corrected chi connectivity index (χ3v) is 7.41. The van der Waals surface area contributed by atoms with E-state index < -0.39 is 0 Å². The Labute approximate surface area is 163 Å². The van der Waals surface area contributed by atoms with Gasteiger partial charge in [-0.05, 0) is 54.9 Å². The molecule has 0 aromatic heterocycles. The lowest BCUT2D eigenvalue weighted by molar-refractivity contribution is -0.229. The van der Waals surface area contributed by atoms with Crippen molar-refractivity contribution in [1.82, 2.24) is 0 Å². The molecule has 2 unspecified atom stereocenters. The summed E-state index contributed by atoms with van der Waals surface area (Å²) < 4.78 is 18.7. The second kappa shape index (κ2) is 7.10. The molecule has 1 aromatic carbocycles. The summed E-state index contributed by atoms with van der Waals surface area (Å²) in [6, 6.07) is 6.64. The van der Waals surface area contributed by atoms with Crippen molar-refractivity contribution < 1.29 is 14.2 Å². The molecule has 0 amide bonds. The minimum absolute atomic E-state index is 0.0753. The molecule has 1 aliphatic heterocycles. The number of allylic oxidation sites excluding steroid dienone is 1. The van der Waals surface area contributed by atoms with Gasteiger partial charge in [-0.25, -0.2) is 0 Å². The van der Waals surface area contributed by atoms with E-state index in [2.05, 4.69) is 44.4 Å². The van der Waals surface area contributed by atoms with E-state index in [1.807, 2.05) is 6.08 Å². The monoisotopic (exact) mass is 368 g/mol. The molecule has 1 aromatic rings. The van der Waals surface area contributed by atoms with Gasteiger partial charge in [-0.1, -0.05) is 31.6 Å². The molecule has 4 rings (SSSR count).